The second-order valence-corrected chi connectivity index (χ2v) is 7.09. The molecule has 126 valence electrons. The highest BCUT2D eigenvalue weighted by Gasteiger charge is 2.31. The number of aliphatic hydroxyl groups excluding tert-OH is 1. The van der Waals surface area contributed by atoms with Crippen molar-refractivity contribution in [3.8, 4) is 0 Å². The van der Waals surface area contributed by atoms with Gasteiger partial charge < -0.3 is 10.4 Å². The number of halogens is 1. The van der Waals surface area contributed by atoms with Gasteiger partial charge in [0.15, 0.2) is 0 Å². The Bertz CT molecular complexity index is 517. The molecule has 2 aliphatic rings. The maximum Gasteiger partial charge on any atom is 0.223 e. The molecule has 0 spiro atoms. The van der Waals surface area contributed by atoms with Crippen LogP contribution in [-0.4, -0.2) is 17.1 Å². The van der Waals surface area contributed by atoms with Crippen LogP contribution in [0.1, 0.15) is 63.0 Å². The lowest BCUT2D eigenvalue weighted by Crippen LogP contribution is -2.38. The monoisotopic (exact) mass is 319 g/mol. The van der Waals surface area contributed by atoms with Crippen LogP contribution in [0.3, 0.4) is 0 Å². The maximum atomic E-state index is 13.2. The quantitative estimate of drug-likeness (QED) is 0.888. The lowest BCUT2D eigenvalue weighted by Gasteiger charge is -2.30. The first-order valence-corrected chi connectivity index (χ1v) is 8.87. The molecule has 2 saturated carbocycles. The van der Waals surface area contributed by atoms with Crippen molar-refractivity contribution in [2.45, 2.75) is 63.5 Å². The molecule has 0 radical (unpaired) electrons. The van der Waals surface area contributed by atoms with Gasteiger partial charge in [0.2, 0.25) is 5.91 Å². The topological polar surface area (TPSA) is 49.3 Å². The van der Waals surface area contributed by atoms with Crippen molar-refractivity contribution in [2.24, 2.45) is 11.8 Å². The van der Waals surface area contributed by atoms with E-state index in [1.807, 2.05) is 0 Å². The van der Waals surface area contributed by atoms with E-state index in [2.05, 4.69) is 5.32 Å². The molecule has 0 saturated heterocycles. The number of nitrogens with one attached hydrogen (secondary N) is 1. The number of aliphatic hydroxyl groups is 1. The Morgan fingerprint density at radius 2 is 1.65 bits per heavy atom. The molecule has 4 heteroatoms. The predicted octanol–water partition coefficient (Wildman–Crippen LogP) is 3.72. The zero-order valence-electron chi connectivity index (χ0n) is 13.5. The van der Waals surface area contributed by atoms with Gasteiger partial charge in [-0.15, -0.1) is 0 Å². The minimum Gasteiger partial charge on any atom is -0.393 e. The van der Waals surface area contributed by atoms with E-state index in [1.165, 1.54) is 25.0 Å². The van der Waals surface area contributed by atoms with Gasteiger partial charge in [0.1, 0.15) is 5.82 Å². The first-order valence-electron chi connectivity index (χ1n) is 8.87. The summed E-state index contributed by atoms with van der Waals surface area (Å²) in [5, 5.41) is 12.8. The van der Waals surface area contributed by atoms with Crippen molar-refractivity contribution in [1.29, 1.82) is 0 Å². The van der Waals surface area contributed by atoms with Gasteiger partial charge in [0, 0.05) is 5.92 Å². The van der Waals surface area contributed by atoms with Crippen molar-refractivity contribution in [2.75, 3.05) is 0 Å². The van der Waals surface area contributed by atoms with Gasteiger partial charge in [-0.2, -0.15) is 0 Å². The van der Waals surface area contributed by atoms with Gasteiger partial charge in [-0.3, -0.25) is 4.79 Å². The Kier molecular flexibility index (Phi) is 5.31. The molecule has 1 atom stereocenters. The van der Waals surface area contributed by atoms with Gasteiger partial charge >= 0.3 is 0 Å². The fourth-order valence-corrected chi connectivity index (χ4v) is 4.04. The number of rotatable bonds is 4. The molecule has 3 nitrogen and oxygen atoms in total. The Labute approximate surface area is 137 Å². The second kappa shape index (κ2) is 7.43. The average Bonchev–Trinajstić information content (AvgIpc) is 3.08. The highest BCUT2D eigenvalue weighted by Crippen LogP contribution is 2.36. The Morgan fingerprint density at radius 3 is 2.26 bits per heavy atom. The van der Waals surface area contributed by atoms with Crippen molar-refractivity contribution in [3.05, 3.63) is 35.6 Å². The molecule has 2 fully saturated rings. The van der Waals surface area contributed by atoms with E-state index in [-0.39, 0.29) is 29.8 Å². The molecule has 2 aliphatic carbocycles. The smallest absolute Gasteiger partial charge is 0.223 e. The first-order chi connectivity index (χ1) is 11.1. The molecule has 3 rings (SSSR count). The molecule has 1 amide bonds. The highest BCUT2D eigenvalue weighted by atomic mass is 19.1. The molecule has 0 heterocycles. The predicted molar refractivity (Wildman–Crippen MR) is 87.2 cm³/mol. The molecule has 0 bridgehead atoms. The van der Waals surface area contributed by atoms with Crippen LogP contribution in [0.15, 0.2) is 24.3 Å². The van der Waals surface area contributed by atoms with Crippen molar-refractivity contribution in [3.63, 3.8) is 0 Å². The van der Waals surface area contributed by atoms with Gasteiger partial charge in [0.05, 0.1) is 12.1 Å². The van der Waals surface area contributed by atoms with Gasteiger partial charge in [-0.1, -0.05) is 25.0 Å². The minimum atomic E-state index is -0.248. The Morgan fingerprint density at radius 1 is 1.04 bits per heavy atom. The summed E-state index contributed by atoms with van der Waals surface area (Å²) in [4.78, 5) is 12.6. The van der Waals surface area contributed by atoms with E-state index in [4.69, 9.17) is 0 Å². The molecule has 1 unspecified atom stereocenters. The number of hydrogen-bond donors (Lipinski definition) is 2. The second-order valence-electron chi connectivity index (χ2n) is 7.09. The van der Waals surface area contributed by atoms with Crippen molar-refractivity contribution in [1.82, 2.24) is 5.32 Å². The standard InChI is InChI=1S/C19H26FNO2/c20-16-9-5-14(6-10-16)18(13-3-1-2-4-13)21-19(23)15-7-11-17(22)12-8-15/h5-6,9-10,13,15,17-18,22H,1-4,7-8,11-12H2,(H,21,23). The third-order valence-electron chi connectivity index (χ3n) is 5.47. The van der Waals surface area contributed by atoms with Crippen LogP contribution in [-0.2, 0) is 4.79 Å². The molecule has 1 aromatic rings. The molecule has 0 aliphatic heterocycles. The van der Waals surface area contributed by atoms with Crippen LogP contribution < -0.4 is 5.32 Å². The van der Waals surface area contributed by atoms with Crippen LogP contribution in [0.2, 0.25) is 0 Å². The number of hydrogen-bond acceptors (Lipinski definition) is 2. The summed E-state index contributed by atoms with van der Waals surface area (Å²) < 4.78 is 13.2. The summed E-state index contributed by atoms with van der Waals surface area (Å²) in [6.45, 7) is 0. The fourth-order valence-electron chi connectivity index (χ4n) is 4.04. The average molecular weight is 319 g/mol. The number of carbonyl (C=O) groups excluding carboxylic acids is 1. The summed E-state index contributed by atoms with van der Waals surface area (Å²) in [5.41, 5.74) is 1.00. The summed E-state index contributed by atoms with van der Waals surface area (Å²) >= 11 is 0. The zero-order valence-corrected chi connectivity index (χ0v) is 13.5. The van der Waals surface area contributed by atoms with Crippen LogP contribution in [0, 0.1) is 17.7 Å². The Hall–Kier alpha value is -1.42. The van der Waals surface area contributed by atoms with Gasteiger partial charge in [-0.05, 0) is 62.1 Å². The lowest BCUT2D eigenvalue weighted by atomic mass is 9.85. The van der Waals surface area contributed by atoms with E-state index in [9.17, 15) is 14.3 Å². The molecule has 23 heavy (non-hydrogen) atoms. The SMILES string of the molecule is O=C(NC(c1ccc(F)cc1)C1CCCC1)C1CCC(O)CC1. The highest BCUT2D eigenvalue weighted by molar-refractivity contribution is 5.79. The molecule has 2 N–H and O–H groups in total. The van der Waals surface area contributed by atoms with Crippen LogP contribution in [0.25, 0.3) is 0 Å². The molecular formula is C19H26FNO2. The van der Waals surface area contributed by atoms with Crippen molar-refractivity contribution >= 4 is 5.91 Å². The van der Waals surface area contributed by atoms with Crippen LogP contribution in [0.5, 0.6) is 0 Å². The van der Waals surface area contributed by atoms with E-state index >= 15 is 0 Å². The summed E-state index contributed by atoms with van der Waals surface area (Å²) in [7, 11) is 0. The summed E-state index contributed by atoms with van der Waals surface area (Å²) in [5.74, 6) is 0.297. The van der Waals surface area contributed by atoms with E-state index in [0.717, 1.165) is 31.2 Å². The molecule has 1 aromatic carbocycles. The van der Waals surface area contributed by atoms with E-state index in [1.54, 1.807) is 12.1 Å². The number of carbonyl (C=O) groups is 1. The normalized spacial score (nSPS) is 26.9. The minimum absolute atomic E-state index is 0.00255. The summed E-state index contributed by atoms with van der Waals surface area (Å²) in [6.07, 6.45) is 7.33. The van der Waals surface area contributed by atoms with E-state index in [0.29, 0.717) is 18.8 Å². The Balaban J connectivity index is 1.70. The first kappa shape index (κ1) is 16.4. The zero-order chi connectivity index (χ0) is 16.2. The van der Waals surface area contributed by atoms with Crippen LogP contribution in [0.4, 0.5) is 4.39 Å². The lowest BCUT2D eigenvalue weighted by molar-refractivity contribution is -0.127. The van der Waals surface area contributed by atoms with Gasteiger partial charge in [0.25, 0.3) is 0 Å². The molecule has 0 aromatic heterocycles. The third kappa shape index (κ3) is 4.11. The number of benzene rings is 1. The largest absolute Gasteiger partial charge is 0.393 e. The molecular weight excluding hydrogens is 293 g/mol. The van der Waals surface area contributed by atoms with Crippen LogP contribution >= 0.6 is 0 Å². The van der Waals surface area contributed by atoms with Gasteiger partial charge in [-0.25, -0.2) is 4.39 Å². The van der Waals surface area contributed by atoms with Crippen molar-refractivity contribution < 1.29 is 14.3 Å². The fraction of sp³-hybridized carbons (Fsp3) is 0.632. The third-order valence-corrected chi connectivity index (χ3v) is 5.47. The summed E-state index contributed by atoms with van der Waals surface area (Å²) in [6, 6.07) is 6.52. The number of amides is 1. The van der Waals surface area contributed by atoms with E-state index < -0.39 is 0 Å². The maximum absolute atomic E-state index is 13.2.